The van der Waals surface area contributed by atoms with Gasteiger partial charge in [-0.2, -0.15) is 9.97 Å². The van der Waals surface area contributed by atoms with E-state index < -0.39 is 90.7 Å². The Morgan fingerprint density at radius 1 is 0.771 bits per heavy atom. The molecule has 12 atom stereocenters. The predicted molar refractivity (Wildman–Crippen MR) is 339 cm³/mol. The van der Waals surface area contributed by atoms with Gasteiger partial charge in [-0.05, 0) is 95.3 Å². The van der Waals surface area contributed by atoms with E-state index >= 15 is 0 Å². The van der Waals surface area contributed by atoms with Gasteiger partial charge in [-0.1, -0.05) is 73.7 Å². The number of carbonyl (C=O) groups is 6. The van der Waals surface area contributed by atoms with E-state index in [0.29, 0.717) is 73.7 Å². The second kappa shape index (κ2) is 28.0. The number of nitrogens with two attached hydrogens (primary N) is 2. The summed E-state index contributed by atoms with van der Waals surface area (Å²) < 4.78 is 52.6. The number of rotatable bonds is 16. The minimum atomic E-state index is -1.47. The zero-order chi connectivity index (χ0) is 67.6. The molecule has 7 heterocycles. The molecule has 6 aliphatic rings. The van der Waals surface area contributed by atoms with Crippen LogP contribution in [0, 0.1) is 11.8 Å². The van der Waals surface area contributed by atoms with Crippen molar-refractivity contribution in [2.75, 3.05) is 45.7 Å². The molecule has 10 N–H and O–H groups in total. The van der Waals surface area contributed by atoms with E-state index in [2.05, 4.69) is 25.3 Å². The Hall–Kier alpha value is -10.2. The molecular formula is C68H65N7O20S. The summed E-state index contributed by atoms with van der Waals surface area (Å²) in [5.41, 5.74) is 18.1. The number of nitrogens with zero attached hydrogens (tertiary/aromatic N) is 4. The Labute approximate surface area is 550 Å². The lowest BCUT2D eigenvalue weighted by atomic mass is 9.66. The number of amides is 1. The molecule has 0 bridgehead atoms. The fourth-order valence-electron chi connectivity index (χ4n) is 12.7. The van der Waals surface area contributed by atoms with E-state index in [0.717, 1.165) is 16.9 Å². The Bertz CT molecular complexity index is 4160. The van der Waals surface area contributed by atoms with Gasteiger partial charge in [-0.25, -0.2) is 14.8 Å². The first-order chi connectivity index (χ1) is 46.3. The maximum atomic E-state index is 13.5. The van der Waals surface area contributed by atoms with Crippen molar-refractivity contribution in [3.63, 3.8) is 0 Å². The van der Waals surface area contributed by atoms with Gasteiger partial charge < -0.3 is 84.9 Å². The molecule has 3 saturated heterocycles. The van der Waals surface area contributed by atoms with Crippen molar-refractivity contribution >= 4 is 69.6 Å². The Morgan fingerprint density at radius 3 is 2.01 bits per heavy atom. The number of hydrogen-bond acceptors (Lipinski definition) is 25. The third-order valence-electron chi connectivity index (χ3n) is 17.5. The van der Waals surface area contributed by atoms with Crippen LogP contribution < -0.4 is 35.7 Å². The number of esters is 1. The molecule has 3 fully saturated rings. The molecule has 3 aromatic heterocycles. The summed E-state index contributed by atoms with van der Waals surface area (Å²) in [7, 11) is 2.86. The number of carbonyl (C=O) groups excluding carboxylic acids is 4. The molecule has 1 amide bonds. The number of cyclic esters (lactones) is 1. The molecule has 0 spiro atoms. The highest BCUT2D eigenvalue weighted by Gasteiger charge is 2.56. The third-order valence-corrected chi connectivity index (χ3v) is 18.4. The number of aliphatic hydroxyl groups is 2. The maximum Gasteiger partial charge on any atom is 0.326 e. The molecule has 27 nitrogen and oxygen atoms in total. The highest BCUT2D eigenvalue weighted by atomic mass is 32.1. The number of aromatic nitrogens is 4. The van der Waals surface area contributed by atoms with E-state index in [-0.39, 0.29) is 84.9 Å². The first-order valence-electron chi connectivity index (χ1n) is 30.5. The minimum absolute atomic E-state index is 0.0242. The fourth-order valence-corrected chi connectivity index (χ4v) is 13.4. The van der Waals surface area contributed by atoms with Gasteiger partial charge in [-0.15, -0.1) is 11.3 Å². The topological polar surface area (TPSA) is 402 Å². The molecule has 0 radical (unpaired) electrons. The van der Waals surface area contributed by atoms with Crippen molar-refractivity contribution in [2.24, 2.45) is 11.8 Å². The van der Waals surface area contributed by atoms with Crippen molar-refractivity contribution in [3.05, 3.63) is 181 Å². The second-order valence-electron chi connectivity index (χ2n) is 23.2. The number of phenols is 1. The number of aliphatic hydroxyl groups excluding tert-OH is 2. The quantitative estimate of drug-likeness (QED) is 0.0473. The van der Waals surface area contributed by atoms with Crippen LogP contribution in [0.5, 0.6) is 28.7 Å². The average Bonchev–Trinajstić information content (AvgIpc) is 1.49. The highest BCUT2D eigenvalue weighted by Crippen LogP contribution is 2.57. The van der Waals surface area contributed by atoms with Crippen LogP contribution >= 0.6 is 11.3 Å². The number of carboxylic acids is 2. The number of aliphatic carboxylic acids is 2. The van der Waals surface area contributed by atoms with E-state index in [9.17, 15) is 49.2 Å². The summed E-state index contributed by atoms with van der Waals surface area (Å²) in [6.07, 6.45) is -4.77. The summed E-state index contributed by atoms with van der Waals surface area (Å²) in [5.74, 6) is -3.97. The molecule has 5 aromatic carbocycles. The Kier molecular flexibility index (Phi) is 19.2. The number of carboxylic acid groups (broad SMARTS) is 2. The molecule has 2 unspecified atom stereocenters. The van der Waals surface area contributed by atoms with Gasteiger partial charge in [0.15, 0.2) is 64.1 Å². The van der Waals surface area contributed by atoms with Crippen LogP contribution in [0.4, 0.5) is 11.8 Å². The number of nitrogen functional groups attached to an aromatic ring is 2. The number of thiophene rings is 1. The molecular weight excluding hydrogens is 1270 g/mol. The van der Waals surface area contributed by atoms with Crippen molar-refractivity contribution in [3.8, 4) is 28.7 Å². The molecule has 0 saturated carbocycles. The van der Waals surface area contributed by atoms with Gasteiger partial charge >= 0.3 is 17.9 Å². The monoisotopic (exact) mass is 1330 g/mol. The number of ketones is 2. The number of anilines is 2. The summed E-state index contributed by atoms with van der Waals surface area (Å²) in [6, 6.07) is 30.1. The summed E-state index contributed by atoms with van der Waals surface area (Å²) in [6.45, 7) is 2.20. The van der Waals surface area contributed by atoms with Gasteiger partial charge in [-0.3, -0.25) is 24.0 Å². The number of aromatic hydroxyl groups is 1. The lowest BCUT2D eigenvalue weighted by Gasteiger charge is -2.48. The van der Waals surface area contributed by atoms with E-state index in [1.54, 1.807) is 97.2 Å². The van der Waals surface area contributed by atoms with Crippen molar-refractivity contribution in [2.45, 2.75) is 93.6 Å². The number of phenolic OH excluding ortho intramolecular Hbond substituents is 1. The molecule has 28 heteroatoms. The van der Waals surface area contributed by atoms with Crippen LogP contribution in [0.2, 0.25) is 0 Å². The molecule has 2 aliphatic carbocycles. The lowest BCUT2D eigenvalue weighted by Crippen LogP contribution is -2.62. The largest absolute Gasteiger partial charge is 0.502 e. The molecule has 8 aromatic rings. The molecule has 4 aliphatic heterocycles. The second-order valence-corrected chi connectivity index (χ2v) is 24.2. The predicted octanol–water partition coefficient (Wildman–Crippen LogP) is 6.58. The van der Waals surface area contributed by atoms with Gasteiger partial charge in [0.2, 0.25) is 18.5 Å². The number of ether oxygens (including phenoxy) is 9. The number of hydrogen-bond donors (Lipinski definition) is 8. The van der Waals surface area contributed by atoms with Gasteiger partial charge in [0, 0.05) is 46.1 Å². The number of nitrogens with one attached hydrogen (secondary N) is 1. The Balaban J connectivity index is 0.000000154. The SMILES string of the molecule is CCC(Cc1cnc2nc(N)nc(N)c2n1)c1ccc(C(=O)N[C@@H](CCC(=O)O)C(=O)O)cc1.COc1cc([C@@H]2c3cc4c(cc3[C@@H](O[C@@H]3O[C@@H]5COC(c6cccs6)O[C@H]5[C@H](O)[C@H]3O)[C@H]3COC(=O)[C@H]23)OCO4)cc(OC)c1O.O=C1c2ccccc2C(=O)c2ccccc21. The standard InChI is InChI=1S/C32H32O13S.C22H25N7O5.C14H8O2/c1-37-19-6-13(7-20(38-2)25(19)33)23-14-8-17-18(42-12-41-17)9-15(14)28(16-10-39-30(36)24(16)23)44-32-27(35)26(34)29-21(43-32)11-40-31(45-29)22-4-3-5-46-22;1-2-11(9-14-10-25-19-17(26-14)18(23)28-22(24)29-19)12-3-5-13(6-4-12)20(32)27-15(21(33)34)7-8-16(30)31;15-13-9-5-1-2-6-10(9)14(16)12-8-4-3-7-11(12)13/h3-9,16,21,23-24,26-29,31-35H,10-12H2,1-2H3;3-6,10-11,15H,2,7-9H2,1H3,(H,27,32)(H,30,31)(H,33,34)(H4,23,24,25,28,29);1-8H/t16-,21+,23+,24-,26+,27+,28+,29+,31?,32-;11?,15-;/m00./s1. The fraction of sp³-hybridized carbons (Fsp3) is 0.324. The maximum absolute atomic E-state index is 13.5. The van der Waals surface area contributed by atoms with Crippen LogP contribution in [0.15, 0.2) is 121 Å². The van der Waals surface area contributed by atoms with Crippen molar-refractivity contribution in [1.82, 2.24) is 25.3 Å². The van der Waals surface area contributed by atoms with Crippen LogP contribution in [0.25, 0.3) is 11.2 Å². The number of fused-ring (bicyclic) bond motifs is 7. The molecule has 498 valence electrons. The summed E-state index contributed by atoms with van der Waals surface area (Å²) in [5, 5.41) is 55.3. The number of benzene rings is 5. The van der Waals surface area contributed by atoms with E-state index in [1.807, 2.05) is 30.5 Å². The van der Waals surface area contributed by atoms with Gasteiger partial charge in [0.05, 0.1) is 56.2 Å². The molecule has 96 heavy (non-hydrogen) atoms. The highest BCUT2D eigenvalue weighted by molar-refractivity contribution is 7.10. The van der Waals surface area contributed by atoms with Gasteiger partial charge in [0.1, 0.15) is 30.5 Å². The van der Waals surface area contributed by atoms with Gasteiger partial charge in [0.25, 0.3) is 5.91 Å². The average molecular weight is 1330 g/mol. The normalized spacial score (nSPS) is 23.2. The summed E-state index contributed by atoms with van der Waals surface area (Å²) in [4.78, 5) is 89.7. The first-order valence-corrected chi connectivity index (χ1v) is 31.4. The van der Waals surface area contributed by atoms with Crippen LogP contribution in [0.3, 0.4) is 0 Å². The first kappa shape index (κ1) is 65.8. The van der Waals surface area contributed by atoms with Crippen molar-refractivity contribution < 1.29 is 96.9 Å². The molecule has 14 rings (SSSR count). The Morgan fingerprint density at radius 2 is 1.42 bits per heavy atom. The third kappa shape index (κ3) is 13.2. The van der Waals surface area contributed by atoms with Crippen LogP contribution in [-0.2, 0) is 44.5 Å². The zero-order valence-electron chi connectivity index (χ0n) is 51.6. The van der Waals surface area contributed by atoms with E-state index in [1.165, 1.54) is 25.6 Å². The van der Waals surface area contributed by atoms with Crippen molar-refractivity contribution in [1.29, 1.82) is 0 Å². The summed E-state index contributed by atoms with van der Waals surface area (Å²) >= 11 is 1.46. The number of methoxy groups -OCH3 is 2. The van der Waals surface area contributed by atoms with E-state index in [4.69, 9.17) is 59.2 Å². The zero-order valence-corrected chi connectivity index (χ0v) is 52.5. The van der Waals surface area contributed by atoms with Crippen LogP contribution in [-0.4, -0.2) is 152 Å². The lowest BCUT2D eigenvalue weighted by molar-refractivity contribution is -0.368. The van der Waals surface area contributed by atoms with Crippen LogP contribution in [0.1, 0.15) is 125 Å². The smallest absolute Gasteiger partial charge is 0.326 e. The minimum Gasteiger partial charge on any atom is -0.502 e.